The van der Waals surface area contributed by atoms with Crippen LogP contribution in [0.1, 0.15) is 17.9 Å². The summed E-state index contributed by atoms with van der Waals surface area (Å²) in [4.78, 5) is 19.3. The van der Waals surface area contributed by atoms with Gasteiger partial charge in [-0.15, -0.1) is 11.8 Å². The highest BCUT2D eigenvalue weighted by molar-refractivity contribution is 8.01. The largest absolute Gasteiger partial charge is 0.454 e. The molecule has 0 bridgehead atoms. The number of fused-ring (bicyclic) bond motifs is 2. The Hall–Kier alpha value is -2.25. The second-order valence-electron chi connectivity index (χ2n) is 5.92. The van der Waals surface area contributed by atoms with E-state index in [2.05, 4.69) is 4.98 Å². The quantitative estimate of drug-likeness (QED) is 0.677. The van der Waals surface area contributed by atoms with E-state index in [1.807, 2.05) is 54.3 Å². The van der Waals surface area contributed by atoms with Crippen molar-refractivity contribution in [2.24, 2.45) is 0 Å². The van der Waals surface area contributed by atoms with Crippen molar-refractivity contribution in [3.05, 3.63) is 48.0 Å². The van der Waals surface area contributed by atoms with Crippen molar-refractivity contribution in [3.8, 4) is 11.5 Å². The Bertz CT molecular complexity index is 954. The molecule has 0 spiro atoms. The highest BCUT2D eigenvalue weighted by Gasteiger charge is 2.41. The summed E-state index contributed by atoms with van der Waals surface area (Å²) < 4.78 is 12.0. The van der Waals surface area contributed by atoms with Crippen molar-refractivity contribution in [2.45, 2.75) is 17.5 Å². The number of rotatable bonds is 2. The Morgan fingerprint density at radius 1 is 1.16 bits per heavy atom. The third-order valence-corrected chi connectivity index (χ3v) is 6.71. The zero-order valence-electron chi connectivity index (χ0n) is 13.3. The zero-order chi connectivity index (χ0) is 17.0. The van der Waals surface area contributed by atoms with Gasteiger partial charge < -0.3 is 9.47 Å². The molecule has 5 rings (SSSR count). The summed E-state index contributed by atoms with van der Waals surface area (Å²) in [5.41, 5.74) is 1.94. The fourth-order valence-electron chi connectivity index (χ4n) is 3.08. The summed E-state index contributed by atoms with van der Waals surface area (Å²) in [7, 11) is 0. The average Bonchev–Trinajstić information content (AvgIpc) is 3.31. The normalized spacial score (nSPS) is 22.1. The van der Waals surface area contributed by atoms with E-state index < -0.39 is 0 Å². The zero-order valence-corrected chi connectivity index (χ0v) is 15.0. The lowest BCUT2D eigenvalue weighted by molar-refractivity contribution is -0.117. The highest BCUT2D eigenvalue weighted by Crippen LogP contribution is 2.48. The molecule has 1 amide bonds. The summed E-state index contributed by atoms with van der Waals surface area (Å²) in [5, 5.41) is 0.519. The number of benzene rings is 2. The van der Waals surface area contributed by atoms with Crippen molar-refractivity contribution < 1.29 is 14.3 Å². The van der Waals surface area contributed by atoms with Gasteiger partial charge in [0.25, 0.3) is 0 Å². The molecule has 0 saturated carbocycles. The van der Waals surface area contributed by atoms with Gasteiger partial charge in [-0.05, 0) is 36.8 Å². The number of carbonyl (C=O) groups is 1. The number of thiazole rings is 1. The molecule has 1 aromatic heterocycles. The summed E-state index contributed by atoms with van der Waals surface area (Å²) in [5.74, 6) is 1.57. The molecular weight excluding hydrogens is 356 g/mol. The van der Waals surface area contributed by atoms with Crippen LogP contribution in [0.2, 0.25) is 0 Å². The molecule has 7 heteroatoms. The van der Waals surface area contributed by atoms with Gasteiger partial charge in [-0.2, -0.15) is 0 Å². The van der Waals surface area contributed by atoms with Crippen LogP contribution in [0.15, 0.2) is 42.5 Å². The van der Waals surface area contributed by atoms with E-state index in [9.17, 15) is 4.79 Å². The molecule has 0 aliphatic carbocycles. The number of ether oxygens (including phenoxy) is 2. The molecule has 3 aromatic rings. The SMILES string of the molecule is CC1SC(c2ccc3c(c2)OCO3)N(c2nc3ccccc3s2)C1=O. The fourth-order valence-corrected chi connectivity index (χ4v) is 5.39. The van der Waals surface area contributed by atoms with Gasteiger partial charge in [0.05, 0.1) is 15.5 Å². The van der Waals surface area contributed by atoms with Crippen LogP contribution in [0.3, 0.4) is 0 Å². The molecule has 3 heterocycles. The average molecular weight is 370 g/mol. The number of thioether (sulfide) groups is 1. The number of para-hydroxylation sites is 1. The Balaban J connectivity index is 1.59. The van der Waals surface area contributed by atoms with Gasteiger partial charge in [-0.3, -0.25) is 9.69 Å². The maximum Gasteiger partial charge on any atom is 0.242 e. The lowest BCUT2D eigenvalue weighted by Gasteiger charge is -2.21. The third-order valence-electron chi connectivity index (χ3n) is 4.32. The number of hydrogen-bond donors (Lipinski definition) is 0. The molecule has 2 aromatic carbocycles. The lowest BCUT2D eigenvalue weighted by atomic mass is 10.2. The van der Waals surface area contributed by atoms with E-state index in [0.717, 1.165) is 32.4 Å². The van der Waals surface area contributed by atoms with Crippen molar-refractivity contribution in [3.63, 3.8) is 0 Å². The van der Waals surface area contributed by atoms with Crippen LogP contribution >= 0.6 is 23.1 Å². The first-order chi connectivity index (χ1) is 12.2. The third kappa shape index (κ3) is 2.38. The van der Waals surface area contributed by atoms with Crippen molar-refractivity contribution in [2.75, 3.05) is 11.7 Å². The monoisotopic (exact) mass is 370 g/mol. The summed E-state index contributed by atoms with van der Waals surface area (Å²) >= 11 is 3.18. The molecule has 2 atom stereocenters. The van der Waals surface area contributed by atoms with E-state index >= 15 is 0 Å². The van der Waals surface area contributed by atoms with Crippen molar-refractivity contribution in [1.82, 2.24) is 4.98 Å². The summed E-state index contributed by atoms with van der Waals surface area (Å²) in [6, 6.07) is 13.8. The number of aromatic nitrogens is 1. The Labute approximate surface area is 152 Å². The van der Waals surface area contributed by atoms with Crippen LogP contribution in [-0.2, 0) is 4.79 Å². The number of amides is 1. The van der Waals surface area contributed by atoms with Gasteiger partial charge in [0.1, 0.15) is 5.37 Å². The van der Waals surface area contributed by atoms with Crippen LogP contribution in [0.4, 0.5) is 5.13 Å². The minimum atomic E-state index is -0.113. The van der Waals surface area contributed by atoms with Gasteiger partial charge >= 0.3 is 0 Å². The van der Waals surface area contributed by atoms with Crippen LogP contribution in [0.5, 0.6) is 11.5 Å². The predicted octanol–water partition coefficient (Wildman–Crippen LogP) is 4.19. The topological polar surface area (TPSA) is 51.7 Å². The Morgan fingerprint density at radius 2 is 2.00 bits per heavy atom. The van der Waals surface area contributed by atoms with E-state index in [1.54, 1.807) is 23.1 Å². The lowest BCUT2D eigenvalue weighted by Crippen LogP contribution is -2.29. The molecule has 0 radical (unpaired) electrons. The first-order valence-corrected chi connectivity index (χ1v) is 9.70. The van der Waals surface area contributed by atoms with Crippen LogP contribution < -0.4 is 14.4 Å². The number of hydrogen-bond acceptors (Lipinski definition) is 6. The summed E-state index contributed by atoms with van der Waals surface area (Å²) in [6.45, 7) is 2.19. The molecule has 2 aliphatic heterocycles. The number of carbonyl (C=O) groups excluding carboxylic acids is 1. The first kappa shape index (κ1) is 15.0. The second-order valence-corrected chi connectivity index (χ2v) is 8.35. The summed E-state index contributed by atoms with van der Waals surface area (Å²) in [6.07, 6.45) is 0. The maximum absolute atomic E-state index is 12.8. The van der Waals surface area contributed by atoms with Gasteiger partial charge in [0, 0.05) is 0 Å². The minimum Gasteiger partial charge on any atom is -0.454 e. The number of nitrogens with zero attached hydrogens (tertiary/aromatic N) is 2. The van der Waals surface area contributed by atoms with Gasteiger partial charge in [0.15, 0.2) is 16.6 Å². The minimum absolute atomic E-state index is 0.0896. The van der Waals surface area contributed by atoms with E-state index in [0.29, 0.717) is 0 Å². The van der Waals surface area contributed by atoms with Crippen LogP contribution in [0, 0.1) is 0 Å². The predicted molar refractivity (Wildman–Crippen MR) is 99.5 cm³/mol. The molecule has 2 aliphatic rings. The van der Waals surface area contributed by atoms with E-state index in [4.69, 9.17) is 9.47 Å². The molecule has 25 heavy (non-hydrogen) atoms. The molecule has 1 fully saturated rings. The Kier molecular flexibility index (Phi) is 3.39. The first-order valence-electron chi connectivity index (χ1n) is 7.94. The molecule has 2 unspecified atom stereocenters. The molecule has 1 saturated heterocycles. The standard InChI is InChI=1S/C18H14N2O3S2/c1-10-16(21)20(18-19-12-4-2-3-5-15(12)25-18)17(24-10)11-6-7-13-14(8-11)23-9-22-13/h2-8,10,17H,9H2,1H3. The molecule has 126 valence electrons. The van der Waals surface area contributed by atoms with Crippen molar-refractivity contribution in [1.29, 1.82) is 0 Å². The van der Waals surface area contributed by atoms with Gasteiger partial charge in [0.2, 0.25) is 12.7 Å². The van der Waals surface area contributed by atoms with E-state index in [1.165, 1.54) is 0 Å². The fraction of sp³-hybridized carbons (Fsp3) is 0.222. The molecule has 5 nitrogen and oxygen atoms in total. The van der Waals surface area contributed by atoms with Crippen molar-refractivity contribution >= 4 is 44.4 Å². The molecular formula is C18H14N2O3S2. The maximum atomic E-state index is 12.8. The van der Waals surface area contributed by atoms with Gasteiger partial charge in [-0.1, -0.05) is 29.5 Å². The smallest absolute Gasteiger partial charge is 0.242 e. The number of anilines is 1. The van der Waals surface area contributed by atoms with E-state index in [-0.39, 0.29) is 23.3 Å². The Morgan fingerprint density at radius 3 is 2.88 bits per heavy atom. The highest BCUT2D eigenvalue weighted by atomic mass is 32.2. The van der Waals surface area contributed by atoms with Gasteiger partial charge in [-0.25, -0.2) is 4.98 Å². The molecule has 0 N–H and O–H groups in total. The van der Waals surface area contributed by atoms with Crippen LogP contribution in [0.25, 0.3) is 10.2 Å². The second kappa shape index (κ2) is 5.64. The van der Waals surface area contributed by atoms with Crippen LogP contribution in [-0.4, -0.2) is 22.9 Å².